The number of phosphoric ester groups is 2. The quantitative estimate of drug-likeness (QED) is 0.0493. The highest BCUT2D eigenvalue weighted by atomic mass is 31.2. The molecule has 8 nitrogen and oxygen atoms in total. The molecule has 448 valence electrons. The highest BCUT2D eigenvalue weighted by Gasteiger charge is 2.33. The zero-order valence-corrected chi connectivity index (χ0v) is 52.8. The first-order valence-electron chi connectivity index (χ1n) is 33.0. The molecule has 0 saturated carbocycles. The van der Waals surface area contributed by atoms with Gasteiger partial charge in [-0.25, -0.2) is 4.57 Å². The molecule has 0 amide bonds. The minimum atomic E-state index is -5.35. The average molecular weight is 1120 g/mol. The van der Waals surface area contributed by atoms with Crippen molar-refractivity contribution in [1.29, 1.82) is 0 Å². The van der Waals surface area contributed by atoms with Crippen molar-refractivity contribution in [1.82, 2.24) is 0 Å². The van der Waals surface area contributed by atoms with E-state index in [0.717, 1.165) is 123 Å². The third-order valence-corrected chi connectivity index (χ3v) is 17.5. The highest BCUT2D eigenvalue weighted by Crippen LogP contribution is 2.47. The molecule has 0 aliphatic carbocycles. The molecular weight excluding hydrogens is 995 g/mol. The number of phosphoric acid groups is 2. The Morgan fingerprint density at radius 2 is 0.545 bits per heavy atom. The van der Waals surface area contributed by atoms with Gasteiger partial charge in [-0.2, -0.15) is 0 Å². The maximum absolute atomic E-state index is 12.7. The molecule has 0 saturated heterocycles. The largest absolute Gasteiger partial charge is 0.780 e. The fraction of sp³-hybridized carbons (Fsp3) is 0.821. The number of benzene rings is 2. The lowest BCUT2D eigenvalue weighted by Crippen LogP contribution is -2.25. The summed E-state index contributed by atoms with van der Waals surface area (Å²) in [6.07, 6.45) is 56.6. The van der Waals surface area contributed by atoms with Crippen LogP contribution in [0.1, 0.15) is 357 Å². The van der Waals surface area contributed by atoms with Crippen LogP contribution >= 0.6 is 15.6 Å². The van der Waals surface area contributed by atoms with E-state index in [1.807, 2.05) is 12.1 Å². The van der Waals surface area contributed by atoms with Gasteiger partial charge < -0.3 is 23.4 Å². The third kappa shape index (κ3) is 34.4. The van der Waals surface area contributed by atoms with Gasteiger partial charge in [-0.15, -0.1) is 0 Å². The van der Waals surface area contributed by atoms with Crippen molar-refractivity contribution in [2.24, 2.45) is 0 Å². The molecule has 0 spiro atoms. The molecule has 0 radical (unpaired) electrons. The second-order valence-corrected chi connectivity index (χ2v) is 26.3. The van der Waals surface area contributed by atoms with E-state index in [1.165, 1.54) is 205 Å². The van der Waals surface area contributed by atoms with E-state index in [0.29, 0.717) is 12.8 Å². The summed E-state index contributed by atoms with van der Waals surface area (Å²) in [5.41, 5.74) is 5.61. The van der Waals surface area contributed by atoms with Crippen molar-refractivity contribution in [2.45, 2.75) is 355 Å². The van der Waals surface area contributed by atoms with Gasteiger partial charge in [-0.1, -0.05) is 311 Å². The molecule has 0 aromatic heterocycles. The number of rotatable bonds is 54. The highest BCUT2D eigenvalue weighted by molar-refractivity contribution is 7.46. The summed E-state index contributed by atoms with van der Waals surface area (Å²) in [5.74, 6) is 0.457. The van der Waals surface area contributed by atoms with Gasteiger partial charge in [0.2, 0.25) is 0 Å². The lowest BCUT2D eigenvalue weighted by Gasteiger charge is -2.35. The molecule has 2 aromatic rings. The molecule has 0 aliphatic rings. The molecule has 0 unspecified atom stereocenters. The lowest BCUT2D eigenvalue weighted by atomic mass is 9.70. The van der Waals surface area contributed by atoms with Crippen molar-refractivity contribution in [3.8, 4) is 11.5 Å². The molecule has 10 heteroatoms. The first-order valence-corrected chi connectivity index (χ1v) is 36.0. The first kappa shape index (κ1) is 71.4. The Kier molecular flexibility index (Phi) is 41.7. The minimum Gasteiger partial charge on any atom is -0.780 e. The van der Waals surface area contributed by atoms with Crippen LogP contribution in [-0.2, 0) is 40.2 Å². The number of hydrogen-bond acceptors (Lipinski definition) is 6. The summed E-state index contributed by atoms with van der Waals surface area (Å²) < 4.78 is 36.1. The predicted octanol–water partition coefficient (Wildman–Crippen LogP) is 21.1. The summed E-state index contributed by atoms with van der Waals surface area (Å²) in [6.45, 7) is 13.6. The van der Waals surface area contributed by atoms with Crippen LogP contribution in [0, 0.1) is 0 Å². The Morgan fingerprint density at radius 3 is 0.766 bits per heavy atom. The van der Waals surface area contributed by atoms with Gasteiger partial charge in [0, 0.05) is 5.41 Å². The van der Waals surface area contributed by atoms with Crippen LogP contribution in [-0.4, -0.2) is 9.79 Å². The SMILES string of the molecule is CCCCCCCCCCCCCc1c(OP(=O)([O-])[O-])ccc(C(C)(C)c2ccc(OP(=O)(O)O)c(CCCCCCCCCCCCC)c2CCCCCCCCCCCCC)c1CCCCCCCCCCCCC. The molecule has 2 N–H and O–H groups in total. The fourth-order valence-electron chi connectivity index (χ4n) is 12.1. The smallest absolute Gasteiger partial charge is 0.524 e. The van der Waals surface area contributed by atoms with E-state index in [9.17, 15) is 28.7 Å². The number of unbranched alkanes of at least 4 members (excludes halogenated alkanes) is 40. The molecule has 2 rings (SSSR count). The zero-order chi connectivity index (χ0) is 56.3. The monoisotopic (exact) mass is 1110 g/mol. The maximum atomic E-state index is 12.7. The zero-order valence-electron chi connectivity index (χ0n) is 51.0. The molecule has 0 atom stereocenters. The van der Waals surface area contributed by atoms with Gasteiger partial charge in [0.1, 0.15) is 19.3 Å². The summed E-state index contributed by atoms with van der Waals surface area (Å²) in [4.78, 5) is 45.5. The first-order chi connectivity index (χ1) is 37.2. The van der Waals surface area contributed by atoms with Crippen molar-refractivity contribution in [3.05, 3.63) is 57.6 Å². The fourth-order valence-corrected chi connectivity index (χ4v) is 12.9. The maximum Gasteiger partial charge on any atom is 0.524 e. The van der Waals surface area contributed by atoms with Crippen molar-refractivity contribution < 1.29 is 37.8 Å². The summed E-state index contributed by atoms with van der Waals surface area (Å²) in [6, 6.07) is 7.59. The summed E-state index contributed by atoms with van der Waals surface area (Å²) in [7, 11) is -10.2. The molecular formula is C67H120O8P2-2. The lowest BCUT2D eigenvalue weighted by molar-refractivity contribution is -0.333. The van der Waals surface area contributed by atoms with Crippen LogP contribution in [0.4, 0.5) is 0 Å². The van der Waals surface area contributed by atoms with Crippen molar-refractivity contribution in [3.63, 3.8) is 0 Å². The standard InChI is InChI=1S/C67H122O8P2/c1-7-11-15-19-23-27-31-35-39-43-47-51-59-61(53-49-45-41-37-33-29-25-21-17-13-9-3)65(74-76(68,69)70)57-55-63(59)67(5,6)64-56-58-66(75-77(71,72)73)62(54-50-46-42-38-34-30-26-22-18-14-10-4)60(64)52-48-44-40-36-32-28-24-20-16-12-8-2/h55-58H,7-54H2,1-6H3,(H2,68,69,70)(H2,71,72,73)/p-2. The van der Waals surface area contributed by atoms with Crippen LogP contribution in [0.5, 0.6) is 11.5 Å². The van der Waals surface area contributed by atoms with Crippen LogP contribution < -0.4 is 18.8 Å². The molecule has 0 bridgehead atoms. The Hall–Kier alpha value is -1.66. The molecule has 2 aromatic carbocycles. The average Bonchev–Trinajstić information content (AvgIpc) is 3.38. The van der Waals surface area contributed by atoms with E-state index in [-0.39, 0.29) is 11.5 Å². The van der Waals surface area contributed by atoms with E-state index in [4.69, 9.17) is 9.05 Å². The Balaban J connectivity index is 2.59. The summed E-state index contributed by atoms with van der Waals surface area (Å²) in [5, 5.41) is 0. The topological polar surface area (TPSA) is 139 Å². The van der Waals surface area contributed by atoms with Crippen LogP contribution in [0.2, 0.25) is 0 Å². The number of hydrogen-bond donors (Lipinski definition) is 2. The summed E-state index contributed by atoms with van der Waals surface area (Å²) >= 11 is 0. The van der Waals surface area contributed by atoms with Crippen molar-refractivity contribution in [2.75, 3.05) is 0 Å². The van der Waals surface area contributed by atoms with Crippen molar-refractivity contribution >= 4 is 15.6 Å². The Labute approximate surface area is 475 Å². The van der Waals surface area contributed by atoms with Crippen LogP contribution in [0.3, 0.4) is 0 Å². The normalized spacial score (nSPS) is 12.3. The van der Waals surface area contributed by atoms with E-state index in [1.54, 1.807) is 12.1 Å². The van der Waals surface area contributed by atoms with Crippen LogP contribution in [0.25, 0.3) is 0 Å². The predicted molar refractivity (Wildman–Crippen MR) is 327 cm³/mol. The molecule has 77 heavy (non-hydrogen) atoms. The Morgan fingerprint density at radius 1 is 0.338 bits per heavy atom. The van der Waals surface area contributed by atoms with E-state index >= 15 is 0 Å². The van der Waals surface area contributed by atoms with Gasteiger partial charge in [0.25, 0.3) is 0 Å². The van der Waals surface area contributed by atoms with E-state index in [2.05, 4.69) is 41.5 Å². The van der Waals surface area contributed by atoms with E-state index < -0.39 is 21.1 Å². The van der Waals surface area contributed by atoms with Crippen LogP contribution in [0.15, 0.2) is 24.3 Å². The third-order valence-electron chi connectivity index (χ3n) is 16.7. The van der Waals surface area contributed by atoms with Gasteiger partial charge in [0.15, 0.2) is 0 Å². The Bertz CT molecular complexity index is 1700. The molecule has 0 fully saturated rings. The van der Waals surface area contributed by atoms with Gasteiger partial charge in [-0.3, -0.25) is 9.79 Å². The minimum absolute atomic E-state index is 0.173. The molecule has 0 heterocycles. The second-order valence-electron chi connectivity index (χ2n) is 24.0. The second kappa shape index (κ2) is 44.9. The van der Waals surface area contributed by atoms with Gasteiger partial charge in [0.05, 0.1) is 0 Å². The van der Waals surface area contributed by atoms with Gasteiger partial charge >= 0.3 is 7.82 Å². The molecule has 0 aliphatic heterocycles. The van der Waals surface area contributed by atoms with Gasteiger partial charge in [-0.05, 0) is 96.9 Å².